The number of rotatable bonds is 8. The molecule has 138 valence electrons. The van der Waals surface area contributed by atoms with Crippen molar-refractivity contribution in [3.05, 3.63) is 53.6 Å². The zero-order valence-electron chi connectivity index (χ0n) is 15.9. The highest BCUT2D eigenvalue weighted by Gasteiger charge is 2.08. The van der Waals surface area contributed by atoms with Gasteiger partial charge in [-0.15, -0.1) is 0 Å². The second kappa shape index (κ2) is 9.04. The van der Waals surface area contributed by atoms with Crippen LogP contribution in [0, 0.1) is 6.92 Å². The first-order chi connectivity index (χ1) is 12.4. The van der Waals surface area contributed by atoms with E-state index in [0.29, 0.717) is 11.3 Å². The maximum atomic E-state index is 12.2. The Morgan fingerprint density at radius 2 is 1.77 bits per heavy atom. The lowest BCUT2D eigenvalue weighted by Crippen LogP contribution is -2.23. The number of hydrogen-bond donors (Lipinski definition) is 2. The molecule has 1 amide bonds. The highest BCUT2D eigenvalue weighted by molar-refractivity contribution is 5.98. The molecule has 0 unspecified atom stereocenters. The van der Waals surface area contributed by atoms with Gasteiger partial charge in [-0.05, 0) is 63.6 Å². The summed E-state index contributed by atoms with van der Waals surface area (Å²) in [7, 11) is 0. The third-order valence-electron chi connectivity index (χ3n) is 4.33. The monoisotopic (exact) mass is 353 g/mol. The Bertz CT molecular complexity index is 783. The predicted octanol–water partition coefficient (Wildman–Crippen LogP) is 4.09. The number of amides is 1. The molecule has 0 saturated heterocycles. The van der Waals surface area contributed by atoms with Crippen molar-refractivity contribution in [2.24, 2.45) is 0 Å². The molecule has 0 aliphatic heterocycles. The summed E-state index contributed by atoms with van der Waals surface area (Å²) < 4.78 is 0. The molecule has 0 heterocycles. The van der Waals surface area contributed by atoms with Crippen LogP contribution in [0.25, 0.3) is 0 Å². The Morgan fingerprint density at radius 1 is 1.04 bits per heavy atom. The van der Waals surface area contributed by atoms with Gasteiger partial charge >= 0.3 is 0 Å². The fourth-order valence-corrected chi connectivity index (χ4v) is 2.83. The molecule has 2 aromatic carbocycles. The molecule has 2 rings (SSSR count). The van der Waals surface area contributed by atoms with Crippen LogP contribution in [0.3, 0.4) is 0 Å². The van der Waals surface area contributed by atoms with Gasteiger partial charge in [0.15, 0.2) is 5.78 Å². The van der Waals surface area contributed by atoms with Gasteiger partial charge in [0.05, 0.1) is 6.54 Å². The van der Waals surface area contributed by atoms with Gasteiger partial charge in [-0.1, -0.05) is 12.1 Å². The van der Waals surface area contributed by atoms with Gasteiger partial charge < -0.3 is 15.5 Å². The first kappa shape index (κ1) is 19.5. The van der Waals surface area contributed by atoms with Crippen molar-refractivity contribution in [3.8, 4) is 0 Å². The molecule has 0 bridgehead atoms. The van der Waals surface area contributed by atoms with Crippen LogP contribution in [0.4, 0.5) is 17.1 Å². The molecule has 0 atom stereocenters. The fourth-order valence-electron chi connectivity index (χ4n) is 2.83. The lowest BCUT2D eigenvalue weighted by molar-refractivity contribution is -0.114. The number of benzene rings is 2. The van der Waals surface area contributed by atoms with Gasteiger partial charge in [0.25, 0.3) is 0 Å². The van der Waals surface area contributed by atoms with Crippen molar-refractivity contribution in [3.63, 3.8) is 0 Å². The zero-order chi connectivity index (χ0) is 19.1. The quantitative estimate of drug-likeness (QED) is 0.702. The third-order valence-corrected chi connectivity index (χ3v) is 4.33. The number of aryl methyl sites for hydroxylation is 1. The molecule has 0 saturated carbocycles. The lowest BCUT2D eigenvalue weighted by atomic mass is 10.1. The van der Waals surface area contributed by atoms with Gasteiger partial charge in [-0.25, -0.2) is 0 Å². The average molecular weight is 353 g/mol. The predicted molar refractivity (Wildman–Crippen MR) is 108 cm³/mol. The van der Waals surface area contributed by atoms with E-state index in [1.807, 2.05) is 13.0 Å². The van der Waals surface area contributed by atoms with E-state index in [2.05, 4.69) is 41.5 Å². The summed E-state index contributed by atoms with van der Waals surface area (Å²) in [5.74, 6) is -0.180. The van der Waals surface area contributed by atoms with Crippen molar-refractivity contribution in [2.75, 3.05) is 35.2 Å². The van der Waals surface area contributed by atoms with Gasteiger partial charge in [0.1, 0.15) is 0 Å². The standard InChI is InChI=1S/C21H27N3O2/c1-5-24(6-2)19-10-11-20(15(3)12-19)22-14-21(26)23-18-9-7-8-17(13-18)16(4)25/h7-13,22H,5-6,14H2,1-4H3,(H,23,26). The van der Waals surface area contributed by atoms with Crippen LogP contribution < -0.4 is 15.5 Å². The number of Topliss-reactive ketones (excluding diaryl/α,β-unsaturated/α-hetero) is 1. The van der Waals surface area contributed by atoms with Crippen molar-refractivity contribution in [1.82, 2.24) is 0 Å². The van der Waals surface area contributed by atoms with Gasteiger partial charge in [0, 0.05) is 35.7 Å². The van der Waals surface area contributed by atoms with E-state index in [0.717, 1.165) is 24.3 Å². The van der Waals surface area contributed by atoms with E-state index >= 15 is 0 Å². The number of nitrogens with one attached hydrogen (secondary N) is 2. The van der Waals surface area contributed by atoms with Crippen LogP contribution >= 0.6 is 0 Å². The molecule has 0 aliphatic carbocycles. The maximum absolute atomic E-state index is 12.2. The number of hydrogen-bond acceptors (Lipinski definition) is 4. The van der Waals surface area contributed by atoms with E-state index in [1.54, 1.807) is 24.3 Å². The van der Waals surface area contributed by atoms with E-state index in [9.17, 15) is 9.59 Å². The van der Waals surface area contributed by atoms with E-state index in [-0.39, 0.29) is 18.2 Å². The Morgan fingerprint density at radius 3 is 2.38 bits per heavy atom. The average Bonchev–Trinajstić information content (AvgIpc) is 2.62. The van der Waals surface area contributed by atoms with E-state index < -0.39 is 0 Å². The van der Waals surface area contributed by atoms with Crippen molar-refractivity contribution < 1.29 is 9.59 Å². The van der Waals surface area contributed by atoms with Crippen molar-refractivity contribution >= 4 is 28.8 Å². The molecule has 0 radical (unpaired) electrons. The highest BCUT2D eigenvalue weighted by Crippen LogP contribution is 2.22. The Labute approximate surface area is 155 Å². The molecule has 26 heavy (non-hydrogen) atoms. The maximum Gasteiger partial charge on any atom is 0.243 e. The normalized spacial score (nSPS) is 10.3. The topological polar surface area (TPSA) is 61.4 Å². The summed E-state index contributed by atoms with van der Waals surface area (Å²) in [6, 6.07) is 13.2. The van der Waals surface area contributed by atoms with Crippen LogP contribution in [0.15, 0.2) is 42.5 Å². The molecule has 0 aliphatic rings. The number of carbonyl (C=O) groups excluding carboxylic acids is 2. The van der Waals surface area contributed by atoms with Crippen molar-refractivity contribution in [1.29, 1.82) is 0 Å². The molecule has 2 aromatic rings. The second-order valence-electron chi connectivity index (χ2n) is 6.21. The lowest BCUT2D eigenvalue weighted by Gasteiger charge is -2.22. The minimum absolute atomic E-state index is 0.0249. The minimum atomic E-state index is -0.155. The van der Waals surface area contributed by atoms with Crippen LogP contribution in [0.2, 0.25) is 0 Å². The molecular weight excluding hydrogens is 326 g/mol. The third kappa shape index (κ3) is 5.09. The summed E-state index contributed by atoms with van der Waals surface area (Å²) >= 11 is 0. The highest BCUT2D eigenvalue weighted by atomic mass is 16.2. The van der Waals surface area contributed by atoms with E-state index in [4.69, 9.17) is 0 Å². The zero-order valence-corrected chi connectivity index (χ0v) is 15.9. The number of ketones is 1. The number of anilines is 3. The molecule has 2 N–H and O–H groups in total. The largest absolute Gasteiger partial charge is 0.376 e. The Balaban J connectivity index is 1.97. The Kier molecular flexibility index (Phi) is 6.78. The number of nitrogens with zero attached hydrogens (tertiary/aromatic N) is 1. The van der Waals surface area contributed by atoms with Crippen LogP contribution in [0.1, 0.15) is 36.7 Å². The van der Waals surface area contributed by atoms with Crippen LogP contribution in [-0.2, 0) is 4.79 Å². The molecule has 5 nitrogen and oxygen atoms in total. The smallest absolute Gasteiger partial charge is 0.243 e. The molecule has 0 aromatic heterocycles. The number of carbonyl (C=O) groups is 2. The summed E-state index contributed by atoms with van der Waals surface area (Å²) in [4.78, 5) is 25.9. The van der Waals surface area contributed by atoms with E-state index in [1.165, 1.54) is 12.6 Å². The molecule has 0 spiro atoms. The van der Waals surface area contributed by atoms with Gasteiger partial charge in [0.2, 0.25) is 5.91 Å². The second-order valence-corrected chi connectivity index (χ2v) is 6.21. The van der Waals surface area contributed by atoms with Gasteiger partial charge in [-0.3, -0.25) is 9.59 Å². The van der Waals surface area contributed by atoms with Crippen molar-refractivity contribution in [2.45, 2.75) is 27.7 Å². The molecule has 0 fully saturated rings. The fraction of sp³-hybridized carbons (Fsp3) is 0.333. The molecule has 5 heteroatoms. The summed E-state index contributed by atoms with van der Waals surface area (Å²) in [6.07, 6.45) is 0. The minimum Gasteiger partial charge on any atom is -0.376 e. The summed E-state index contributed by atoms with van der Waals surface area (Å²) in [6.45, 7) is 9.90. The molecular formula is C21H27N3O2. The van der Waals surface area contributed by atoms with Crippen LogP contribution in [-0.4, -0.2) is 31.3 Å². The first-order valence-corrected chi connectivity index (χ1v) is 8.95. The summed E-state index contributed by atoms with van der Waals surface area (Å²) in [5.41, 5.74) is 4.43. The summed E-state index contributed by atoms with van der Waals surface area (Å²) in [5, 5.41) is 5.99. The first-order valence-electron chi connectivity index (χ1n) is 8.95. The van der Waals surface area contributed by atoms with Crippen LogP contribution in [0.5, 0.6) is 0 Å². The Hall–Kier alpha value is -2.82. The SMILES string of the molecule is CCN(CC)c1ccc(NCC(=O)Nc2cccc(C(C)=O)c2)c(C)c1. The van der Waals surface area contributed by atoms with Gasteiger partial charge in [-0.2, -0.15) is 0 Å².